The molecule has 0 atom stereocenters. The molecule has 0 saturated heterocycles. The summed E-state index contributed by atoms with van der Waals surface area (Å²) in [5.74, 6) is -0.404. The fourth-order valence-corrected chi connectivity index (χ4v) is 3.37. The lowest BCUT2D eigenvalue weighted by Gasteiger charge is -2.26. The Morgan fingerprint density at radius 2 is 1.11 bits per heavy atom. The molecule has 0 aromatic carbocycles. The van der Waals surface area contributed by atoms with Crippen molar-refractivity contribution in [3.05, 3.63) is 0 Å². The summed E-state index contributed by atoms with van der Waals surface area (Å²) < 4.78 is 36.8. The SMILES string of the molecule is O=CCCC(=O)OCCOCCOCCOCCOCCOCCOC(=O)NC1CCC(S)CC1. The number of esters is 1. The zero-order valence-corrected chi connectivity index (χ0v) is 21.4. The van der Waals surface area contributed by atoms with Crippen LogP contribution in [0.3, 0.4) is 0 Å². The topological polar surface area (TPSA) is 128 Å². The second-order valence-corrected chi connectivity index (χ2v) is 8.50. The van der Waals surface area contributed by atoms with Gasteiger partial charge in [-0.1, -0.05) is 0 Å². The van der Waals surface area contributed by atoms with E-state index < -0.39 is 12.1 Å². The first-order chi connectivity index (χ1) is 17.1. The van der Waals surface area contributed by atoms with Crippen LogP contribution in [0.4, 0.5) is 4.79 Å². The van der Waals surface area contributed by atoms with E-state index in [1.54, 1.807) is 0 Å². The van der Waals surface area contributed by atoms with E-state index in [2.05, 4.69) is 17.9 Å². The highest BCUT2D eigenvalue weighted by Crippen LogP contribution is 2.22. The zero-order valence-electron chi connectivity index (χ0n) is 20.5. The molecule has 0 aromatic heterocycles. The van der Waals surface area contributed by atoms with Crippen molar-refractivity contribution in [2.75, 3.05) is 79.3 Å². The molecule has 1 aliphatic rings. The molecule has 1 fully saturated rings. The number of amides is 1. The molecule has 1 saturated carbocycles. The number of carbonyl (C=O) groups excluding carboxylic acids is 3. The van der Waals surface area contributed by atoms with Gasteiger partial charge in [-0.3, -0.25) is 4.79 Å². The molecule has 0 aliphatic heterocycles. The number of thiol groups is 1. The molecule has 35 heavy (non-hydrogen) atoms. The Morgan fingerprint density at radius 1 is 0.686 bits per heavy atom. The maximum atomic E-state index is 11.7. The van der Waals surface area contributed by atoms with Gasteiger partial charge in [0.25, 0.3) is 0 Å². The summed E-state index contributed by atoms with van der Waals surface area (Å²) in [6, 6.07) is 0.180. The lowest BCUT2D eigenvalue weighted by Crippen LogP contribution is -2.38. The van der Waals surface area contributed by atoms with Crippen LogP contribution in [0.1, 0.15) is 38.5 Å². The van der Waals surface area contributed by atoms with Gasteiger partial charge in [0, 0.05) is 17.7 Å². The third kappa shape index (κ3) is 20.5. The molecule has 0 spiro atoms. The number of ether oxygens (including phenoxy) is 7. The molecule has 0 unspecified atom stereocenters. The maximum Gasteiger partial charge on any atom is 0.407 e. The summed E-state index contributed by atoms with van der Waals surface area (Å²) in [6.45, 7) is 4.42. The van der Waals surface area contributed by atoms with E-state index in [9.17, 15) is 14.4 Å². The summed E-state index contributed by atoms with van der Waals surface area (Å²) in [5, 5.41) is 3.32. The molecule has 0 radical (unpaired) electrons. The largest absolute Gasteiger partial charge is 0.463 e. The number of rotatable bonds is 22. The van der Waals surface area contributed by atoms with E-state index in [0.29, 0.717) is 71.0 Å². The summed E-state index contributed by atoms with van der Waals surface area (Å²) in [5.41, 5.74) is 0. The second kappa shape index (κ2) is 23.0. The van der Waals surface area contributed by atoms with Crippen LogP contribution < -0.4 is 5.32 Å². The van der Waals surface area contributed by atoms with Crippen LogP contribution in [0.5, 0.6) is 0 Å². The van der Waals surface area contributed by atoms with Crippen molar-refractivity contribution in [3.8, 4) is 0 Å². The van der Waals surface area contributed by atoms with E-state index in [1.807, 2.05) is 0 Å². The van der Waals surface area contributed by atoms with E-state index in [-0.39, 0.29) is 38.7 Å². The van der Waals surface area contributed by atoms with E-state index in [1.165, 1.54) is 0 Å². The van der Waals surface area contributed by atoms with Gasteiger partial charge in [0.2, 0.25) is 0 Å². The van der Waals surface area contributed by atoms with Gasteiger partial charge in [0.15, 0.2) is 0 Å². The van der Waals surface area contributed by atoms with Gasteiger partial charge >= 0.3 is 12.1 Å². The first-order valence-corrected chi connectivity index (χ1v) is 12.7. The van der Waals surface area contributed by atoms with E-state index in [4.69, 9.17) is 33.2 Å². The number of hydrogen-bond donors (Lipinski definition) is 2. The number of nitrogens with one attached hydrogen (secondary N) is 1. The van der Waals surface area contributed by atoms with Crippen molar-refractivity contribution < 1.29 is 47.5 Å². The Kier molecular flexibility index (Phi) is 20.7. The lowest BCUT2D eigenvalue weighted by atomic mass is 9.95. The first kappa shape index (κ1) is 31.6. The normalized spacial score (nSPS) is 17.6. The van der Waals surface area contributed by atoms with Crippen molar-refractivity contribution in [2.24, 2.45) is 0 Å². The second-order valence-electron chi connectivity index (χ2n) is 7.77. The average molecular weight is 524 g/mol. The summed E-state index contributed by atoms with van der Waals surface area (Å²) in [4.78, 5) is 33.0. The number of carbonyl (C=O) groups is 3. The monoisotopic (exact) mass is 523 g/mol. The summed E-state index contributed by atoms with van der Waals surface area (Å²) in [7, 11) is 0. The molecule has 12 heteroatoms. The van der Waals surface area contributed by atoms with Crippen LogP contribution in [0.25, 0.3) is 0 Å². The molecular weight excluding hydrogens is 482 g/mol. The molecule has 1 rings (SSSR count). The van der Waals surface area contributed by atoms with Crippen LogP contribution in [0, 0.1) is 0 Å². The van der Waals surface area contributed by atoms with Gasteiger partial charge in [0.1, 0.15) is 19.5 Å². The Hall–Kier alpha value is -1.44. The number of aldehydes is 1. The first-order valence-electron chi connectivity index (χ1n) is 12.2. The highest BCUT2D eigenvalue weighted by molar-refractivity contribution is 7.80. The van der Waals surface area contributed by atoms with Gasteiger partial charge in [-0.15, -0.1) is 0 Å². The minimum atomic E-state index is -0.404. The van der Waals surface area contributed by atoms with Gasteiger partial charge in [-0.2, -0.15) is 12.6 Å². The summed E-state index contributed by atoms with van der Waals surface area (Å²) in [6.07, 6.45) is 4.47. The smallest absolute Gasteiger partial charge is 0.407 e. The minimum absolute atomic E-state index is 0.0977. The van der Waals surface area contributed by atoms with Crippen LogP contribution in [0.15, 0.2) is 0 Å². The van der Waals surface area contributed by atoms with Crippen molar-refractivity contribution in [1.82, 2.24) is 5.32 Å². The molecule has 204 valence electrons. The maximum absolute atomic E-state index is 11.7. The molecule has 11 nitrogen and oxygen atoms in total. The van der Waals surface area contributed by atoms with Gasteiger partial charge in [-0.05, 0) is 25.7 Å². The Balaban J connectivity index is 1.71. The van der Waals surface area contributed by atoms with Gasteiger partial charge in [-0.25, -0.2) is 4.79 Å². The van der Waals surface area contributed by atoms with Gasteiger partial charge in [0.05, 0.1) is 72.5 Å². The zero-order chi connectivity index (χ0) is 25.4. The molecule has 0 heterocycles. The Morgan fingerprint density at radius 3 is 1.57 bits per heavy atom. The summed E-state index contributed by atoms with van der Waals surface area (Å²) >= 11 is 4.45. The van der Waals surface area contributed by atoms with Crippen LogP contribution in [-0.4, -0.2) is 109 Å². The fourth-order valence-electron chi connectivity index (χ4n) is 3.07. The lowest BCUT2D eigenvalue weighted by molar-refractivity contribution is -0.145. The standard InChI is InChI=1S/C23H41NO10S/c25-7-1-2-22(26)33-18-16-31-14-12-29-10-8-28-9-11-30-13-15-32-17-19-34-23(27)24-20-3-5-21(35)6-4-20/h7,20-21,35H,1-6,8-19H2,(H,24,27). The number of hydrogen-bond acceptors (Lipinski definition) is 11. The Bertz CT molecular complexity index is 546. The molecular formula is C23H41NO10S. The molecule has 1 amide bonds. The van der Waals surface area contributed by atoms with E-state index >= 15 is 0 Å². The third-order valence-electron chi connectivity index (χ3n) is 4.92. The molecule has 1 aliphatic carbocycles. The highest BCUT2D eigenvalue weighted by Gasteiger charge is 2.20. The van der Waals surface area contributed by atoms with Crippen molar-refractivity contribution >= 4 is 31.0 Å². The van der Waals surface area contributed by atoms with Gasteiger partial charge < -0.3 is 43.3 Å². The third-order valence-corrected chi connectivity index (χ3v) is 5.44. The van der Waals surface area contributed by atoms with Crippen LogP contribution in [0.2, 0.25) is 0 Å². The van der Waals surface area contributed by atoms with Crippen molar-refractivity contribution in [3.63, 3.8) is 0 Å². The number of alkyl carbamates (subject to hydrolysis) is 1. The van der Waals surface area contributed by atoms with Crippen LogP contribution >= 0.6 is 12.6 Å². The predicted octanol–water partition coefficient (Wildman–Crippen LogP) is 1.56. The highest BCUT2D eigenvalue weighted by atomic mass is 32.1. The quantitative estimate of drug-likeness (QED) is 0.0934. The van der Waals surface area contributed by atoms with Crippen molar-refractivity contribution in [2.45, 2.75) is 49.8 Å². The fraction of sp³-hybridized carbons (Fsp3) is 0.870. The molecule has 0 bridgehead atoms. The van der Waals surface area contributed by atoms with Crippen molar-refractivity contribution in [1.29, 1.82) is 0 Å². The molecule has 1 N–H and O–H groups in total. The predicted molar refractivity (Wildman–Crippen MR) is 130 cm³/mol. The van der Waals surface area contributed by atoms with E-state index in [0.717, 1.165) is 25.7 Å². The molecule has 0 aromatic rings. The average Bonchev–Trinajstić information content (AvgIpc) is 2.85. The van der Waals surface area contributed by atoms with Crippen LogP contribution in [-0.2, 0) is 42.7 Å². The Labute approximate surface area is 213 Å². The minimum Gasteiger partial charge on any atom is -0.463 e.